The summed E-state index contributed by atoms with van der Waals surface area (Å²) in [6.45, 7) is 3.23. The van der Waals surface area contributed by atoms with Crippen molar-refractivity contribution in [1.29, 1.82) is 0 Å². The van der Waals surface area contributed by atoms with Crippen molar-refractivity contribution in [3.63, 3.8) is 0 Å². The van der Waals surface area contributed by atoms with Crippen LogP contribution in [0.15, 0.2) is 18.2 Å². The molecule has 0 amide bonds. The molecule has 0 bridgehead atoms. The lowest BCUT2D eigenvalue weighted by atomic mass is 10.1. The van der Waals surface area contributed by atoms with Crippen molar-refractivity contribution < 1.29 is 14.3 Å². The summed E-state index contributed by atoms with van der Waals surface area (Å²) in [7, 11) is 1.36. The van der Waals surface area contributed by atoms with Gasteiger partial charge in [0.25, 0.3) is 0 Å². The molecule has 98 valence electrons. The molecule has 1 saturated heterocycles. The molecule has 0 radical (unpaired) electrons. The highest BCUT2D eigenvalue weighted by molar-refractivity contribution is 5.91. The molecule has 18 heavy (non-hydrogen) atoms. The van der Waals surface area contributed by atoms with E-state index >= 15 is 0 Å². The summed E-state index contributed by atoms with van der Waals surface area (Å²) in [4.78, 5) is 13.6. The number of nitrogen functional groups attached to an aromatic ring is 1. The van der Waals surface area contributed by atoms with Crippen molar-refractivity contribution >= 4 is 17.3 Å². The SMILES string of the molecule is COC(=O)c1ccc(N2CCCOCC2)c(N)c1. The number of ether oxygens (including phenoxy) is 2. The fourth-order valence-electron chi connectivity index (χ4n) is 2.07. The number of carbonyl (C=O) groups is 1. The molecule has 0 aromatic heterocycles. The van der Waals surface area contributed by atoms with Gasteiger partial charge in [-0.25, -0.2) is 4.79 Å². The number of rotatable bonds is 2. The van der Waals surface area contributed by atoms with E-state index in [-0.39, 0.29) is 5.97 Å². The van der Waals surface area contributed by atoms with E-state index in [4.69, 9.17) is 10.5 Å². The van der Waals surface area contributed by atoms with Gasteiger partial charge in [0.05, 0.1) is 30.7 Å². The molecule has 0 unspecified atom stereocenters. The molecular formula is C13H18N2O3. The normalized spacial score (nSPS) is 16.2. The molecule has 1 heterocycles. The number of anilines is 2. The molecule has 2 N–H and O–H groups in total. The zero-order chi connectivity index (χ0) is 13.0. The van der Waals surface area contributed by atoms with Gasteiger partial charge in [0.1, 0.15) is 0 Å². The molecule has 1 aromatic carbocycles. The third-order valence-corrected chi connectivity index (χ3v) is 3.01. The van der Waals surface area contributed by atoms with Crippen LogP contribution in [0.25, 0.3) is 0 Å². The van der Waals surface area contributed by atoms with Crippen molar-refractivity contribution in [2.45, 2.75) is 6.42 Å². The van der Waals surface area contributed by atoms with Gasteiger partial charge in [0, 0.05) is 19.7 Å². The Balaban J connectivity index is 2.20. The minimum atomic E-state index is -0.368. The molecular weight excluding hydrogens is 232 g/mol. The molecule has 1 aromatic rings. The standard InChI is InChI=1S/C13H18N2O3/c1-17-13(16)10-3-4-12(11(14)9-10)15-5-2-7-18-8-6-15/h3-4,9H,2,5-8,14H2,1H3. The maximum atomic E-state index is 11.4. The van der Waals surface area contributed by atoms with Crippen LogP contribution >= 0.6 is 0 Å². The molecule has 0 atom stereocenters. The van der Waals surface area contributed by atoms with Gasteiger partial charge >= 0.3 is 5.97 Å². The summed E-state index contributed by atoms with van der Waals surface area (Å²) in [6, 6.07) is 5.27. The Morgan fingerprint density at radius 3 is 2.94 bits per heavy atom. The second-order valence-electron chi connectivity index (χ2n) is 4.22. The van der Waals surface area contributed by atoms with E-state index in [1.807, 2.05) is 6.07 Å². The maximum absolute atomic E-state index is 11.4. The number of methoxy groups -OCH3 is 1. The van der Waals surface area contributed by atoms with Gasteiger partial charge in [-0.15, -0.1) is 0 Å². The van der Waals surface area contributed by atoms with Crippen LogP contribution in [0.4, 0.5) is 11.4 Å². The number of carbonyl (C=O) groups excluding carboxylic acids is 1. The first kappa shape index (κ1) is 12.7. The molecule has 5 heteroatoms. The number of hydrogen-bond acceptors (Lipinski definition) is 5. The lowest BCUT2D eigenvalue weighted by molar-refractivity contribution is 0.0601. The highest BCUT2D eigenvalue weighted by Gasteiger charge is 2.14. The largest absolute Gasteiger partial charge is 0.465 e. The van der Waals surface area contributed by atoms with Crippen LogP contribution in [0.1, 0.15) is 16.8 Å². The Kier molecular flexibility index (Phi) is 4.04. The number of hydrogen-bond donors (Lipinski definition) is 1. The van der Waals surface area contributed by atoms with Gasteiger partial charge < -0.3 is 20.1 Å². The molecule has 0 aliphatic carbocycles. The summed E-state index contributed by atoms with van der Waals surface area (Å²) in [5.41, 5.74) is 8.03. The number of nitrogens with two attached hydrogens (primary N) is 1. The second-order valence-corrected chi connectivity index (χ2v) is 4.22. The van der Waals surface area contributed by atoms with Crippen molar-refractivity contribution in [3.8, 4) is 0 Å². The van der Waals surface area contributed by atoms with Gasteiger partial charge in [-0.3, -0.25) is 0 Å². The van der Waals surface area contributed by atoms with E-state index in [1.165, 1.54) is 7.11 Å². The van der Waals surface area contributed by atoms with Gasteiger partial charge in [-0.1, -0.05) is 0 Å². The summed E-state index contributed by atoms with van der Waals surface area (Å²) in [5, 5.41) is 0. The van der Waals surface area contributed by atoms with Gasteiger partial charge in [-0.05, 0) is 24.6 Å². The second kappa shape index (κ2) is 5.73. The number of benzene rings is 1. The molecule has 1 aliphatic heterocycles. The van der Waals surface area contributed by atoms with Crippen molar-refractivity contribution in [2.75, 3.05) is 44.0 Å². The quantitative estimate of drug-likeness (QED) is 0.632. The van der Waals surface area contributed by atoms with Gasteiger partial charge in [0.15, 0.2) is 0 Å². The third-order valence-electron chi connectivity index (χ3n) is 3.01. The first-order valence-corrected chi connectivity index (χ1v) is 6.03. The average Bonchev–Trinajstić information content (AvgIpc) is 2.66. The van der Waals surface area contributed by atoms with Crippen LogP contribution in [0.3, 0.4) is 0 Å². The van der Waals surface area contributed by atoms with E-state index in [1.54, 1.807) is 12.1 Å². The van der Waals surface area contributed by atoms with Crippen molar-refractivity contribution in [3.05, 3.63) is 23.8 Å². The van der Waals surface area contributed by atoms with Crippen LogP contribution in [-0.2, 0) is 9.47 Å². The number of nitrogens with zero attached hydrogens (tertiary/aromatic N) is 1. The van der Waals surface area contributed by atoms with E-state index in [9.17, 15) is 4.79 Å². The van der Waals surface area contributed by atoms with E-state index in [2.05, 4.69) is 9.64 Å². The third kappa shape index (κ3) is 2.73. The van der Waals surface area contributed by atoms with Crippen LogP contribution < -0.4 is 10.6 Å². The van der Waals surface area contributed by atoms with Gasteiger partial charge in [-0.2, -0.15) is 0 Å². The van der Waals surface area contributed by atoms with E-state index < -0.39 is 0 Å². The average molecular weight is 250 g/mol. The molecule has 2 rings (SSSR count). The van der Waals surface area contributed by atoms with Crippen molar-refractivity contribution in [1.82, 2.24) is 0 Å². The Hall–Kier alpha value is -1.75. The van der Waals surface area contributed by atoms with Crippen LogP contribution in [0.5, 0.6) is 0 Å². The Morgan fingerprint density at radius 1 is 1.39 bits per heavy atom. The minimum Gasteiger partial charge on any atom is -0.465 e. The summed E-state index contributed by atoms with van der Waals surface area (Å²) < 4.78 is 10.1. The Bertz CT molecular complexity index is 426. The molecule has 5 nitrogen and oxygen atoms in total. The summed E-state index contributed by atoms with van der Waals surface area (Å²) in [6.07, 6.45) is 0.984. The van der Waals surface area contributed by atoms with E-state index in [0.717, 1.165) is 31.8 Å². The number of esters is 1. The summed E-state index contributed by atoms with van der Waals surface area (Å²) in [5.74, 6) is -0.368. The van der Waals surface area contributed by atoms with Crippen molar-refractivity contribution in [2.24, 2.45) is 0 Å². The lowest BCUT2D eigenvalue weighted by Crippen LogP contribution is -2.26. The highest BCUT2D eigenvalue weighted by Crippen LogP contribution is 2.25. The fraction of sp³-hybridized carbons (Fsp3) is 0.462. The maximum Gasteiger partial charge on any atom is 0.337 e. The zero-order valence-electron chi connectivity index (χ0n) is 10.5. The van der Waals surface area contributed by atoms with Gasteiger partial charge in [0.2, 0.25) is 0 Å². The molecule has 0 saturated carbocycles. The monoisotopic (exact) mass is 250 g/mol. The topological polar surface area (TPSA) is 64.8 Å². The first-order valence-electron chi connectivity index (χ1n) is 6.03. The van der Waals surface area contributed by atoms with Crippen LogP contribution in [-0.4, -0.2) is 39.4 Å². The molecule has 0 spiro atoms. The van der Waals surface area contributed by atoms with Crippen LogP contribution in [0.2, 0.25) is 0 Å². The minimum absolute atomic E-state index is 0.368. The Labute approximate surface area is 106 Å². The summed E-state index contributed by atoms with van der Waals surface area (Å²) >= 11 is 0. The zero-order valence-corrected chi connectivity index (χ0v) is 10.5. The molecule has 1 aliphatic rings. The van der Waals surface area contributed by atoms with Crippen LogP contribution in [0, 0.1) is 0 Å². The predicted octanol–water partition coefficient (Wildman–Crippen LogP) is 1.28. The lowest BCUT2D eigenvalue weighted by Gasteiger charge is -2.23. The van der Waals surface area contributed by atoms with E-state index in [0.29, 0.717) is 17.9 Å². The smallest absolute Gasteiger partial charge is 0.337 e. The first-order chi connectivity index (χ1) is 8.72. The Morgan fingerprint density at radius 2 is 2.22 bits per heavy atom. The predicted molar refractivity (Wildman–Crippen MR) is 69.8 cm³/mol. The highest BCUT2D eigenvalue weighted by atomic mass is 16.5. The molecule has 1 fully saturated rings. The fourth-order valence-corrected chi connectivity index (χ4v) is 2.07.